The van der Waals surface area contributed by atoms with Crippen molar-refractivity contribution in [1.82, 2.24) is 4.98 Å². The molecule has 0 atom stereocenters. The van der Waals surface area contributed by atoms with E-state index in [2.05, 4.69) is 4.98 Å². The molecule has 0 aliphatic rings. The number of hydrogen-bond donors (Lipinski definition) is 2. The number of para-hydroxylation sites is 1. The maximum Gasteiger partial charge on any atom is 0.345 e. The van der Waals surface area contributed by atoms with Gasteiger partial charge in [0.15, 0.2) is 0 Å². The Balaban J connectivity index is 1.96. The van der Waals surface area contributed by atoms with Crippen molar-refractivity contribution in [1.29, 1.82) is 0 Å². The molecule has 2 heterocycles. The topological polar surface area (TPSA) is 121 Å². The van der Waals surface area contributed by atoms with E-state index in [9.17, 15) is 9.59 Å². The third-order valence-corrected chi connectivity index (χ3v) is 4.61. The first-order chi connectivity index (χ1) is 14.0. The van der Waals surface area contributed by atoms with Gasteiger partial charge in [0.1, 0.15) is 17.2 Å². The molecule has 2 aromatic heterocycles. The Morgan fingerprint density at radius 1 is 1.03 bits per heavy atom. The highest BCUT2D eigenvalue weighted by Crippen LogP contribution is 2.32. The number of benzene rings is 2. The summed E-state index contributed by atoms with van der Waals surface area (Å²) in [6.07, 6.45) is 0. The summed E-state index contributed by atoms with van der Waals surface area (Å²) in [5, 5.41) is 0.743. The van der Waals surface area contributed by atoms with Crippen LogP contribution in [0.1, 0.15) is 10.4 Å². The molecule has 0 spiro atoms. The van der Waals surface area contributed by atoms with E-state index in [0.29, 0.717) is 22.5 Å². The lowest BCUT2D eigenvalue weighted by Crippen LogP contribution is -2.17. The molecule has 0 radical (unpaired) electrons. The normalized spacial score (nSPS) is 10.8. The quantitative estimate of drug-likeness (QED) is 0.519. The molecule has 4 rings (SSSR count). The number of anilines is 1. The second kappa shape index (κ2) is 7.12. The zero-order valence-electron chi connectivity index (χ0n) is 15.5. The minimum absolute atomic E-state index is 0.0617. The number of fused-ring (bicyclic) bond motifs is 1. The number of methoxy groups -OCH3 is 1. The Kier molecular flexibility index (Phi) is 4.48. The number of primary amides is 1. The fourth-order valence-corrected chi connectivity index (χ4v) is 3.20. The van der Waals surface area contributed by atoms with Gasteiger partial charge in [-0.1, -0.05) is 30.3 Å². The van der Waals surface area contributed by atoms with Gasteiger partial charge in [0.2, 0.25) is 0 Å². The largest absolute Gasteiger partial charge is 0.497 e. The second-order valence-electron chi connectivity index (χ2n) is 6.39. The molecule has 1 amide bonds. The number of carbonyl (C=O) groups is 1. The van der Waals surface area contributed by atoms with Crippen LogP contribution in [0.3, 0.4) is 0 Å². The maximum atomic E-state index is 12.5. The third kappa shape index (κ3) is 3.29. The number of carbonyl (C=O) groups excluding carboxylic acids is 1. The summed E-state index contributed by atoms with van der Waals surface area (Å²) < 4.78 is 10.6. The average Bonchev–Trinajstić information content (AvgIpc) is 2.72. The van der Waals surface area contributed by atoms with Crippen LogP contribution < -0.4 is 21.8 Å². The number of nitrogen functional groups attached to an aromatic ring is 1. The third-order valence-electron chi connectivity index (χ3n) is 4.61. The van der Waals surface area contributed by atoms with Crippen LogP contribution in [-0.2, 0) is 0 Å². The van der Waals surface area contributed by atoms with Crippen molar-refractivity contribution in [2.45, 2.75) is 0 Å². The van der Waals surface area contributed by atoms with Crippen LogP contribution in [0, 0.1) is 0 Å². The summed E-state index contributed by atoms with van der Waals surface area (Å²) in [6, 6.07) is 17.5. The van der Waals surface area contributed by atoms with Gasteiger partial charge >= 0.3 is 5.63 Å². The van der Waals surface area contributed by atoms with Gasteiger partial charge in [-0.05, 0) is 35.9 Å². The van der Waals surface area contributed by atoms with Gasteiger partial charge in [0.25, 0.3) is 5.91 Å². The summed E-state index contributed by atoms with van der Waals surface area (Å²) in [5.41, 5.74) is 13.3. The van der Waals surface area contributed by atoms with Gasteiger partial charge in [-0.15, -0.1) is 0 Å². The Labute approximate surface area is 165 Å². The molecular weight excluding hydrogens is 370 g/mol. The van der Waals surface area contributed by atoms with E-state index in [1.165, 1.54) is 0 Å². The molecule has 7 heteroatoms. The van der Waals surface area contributed by atoms with E-state index in [4.69, 9.17) is 20.6 Å². The first-order valence-electron chi connectivity index (χ1n) is 8.76. The van der Waals surface area contributed by atoms with E-state index in [0.717, 1.165) is 5.39 Å². The number of amides is 1. The Bertz CT molecular complexity index is 1290. The smallest absolute Gasteiger partial charge is 0.345 e. The van der Waals surface area contributed by atoms with Crippen molar-refractivity contribution in [2.75, 3.05) is 12.8 Å². The van der Waals surface area contributed by atoms with Gasteiger partial charge < -0.3 is 20.6 Å². The lowest BCUT2D eigenvalue weighted by atomic mass is 9.97. The predicted molar refractivity (Wildman–Crippen MR) is 111 cm³/mol. The SMILES string of the molecule is COc1ccc(-c2cc(-c3cc4ccccc4oc3=O)nc(N)c2C(N)=O)cc1. The average molecular weight is 387 g/mol. The zero-order chi connectivity index (χ0) is 20.5. The fraction of sp³-hybridized carbons (Fsp3) is 0.0455. The van der Waals surface area contributed by atoms with Gasteiger partial charge in [-0.2, -0.15) is 0 Å². The lowest BCUT2D eigenvalue weighted by Gasteiger charge is -2.12. The molecule has 0 aliphatic heterocycles. The van der Waals surface area contributed by atoms with Crippen LogP contribution >= 0.6 is 0 Å². The molecule has 144 valence electrons. The number of hydrogen-bond acceptors (Lipinski definition) is 6. The Morgan fingerprint density at radius 3 is 2.45 bits per heavy atom. The predicted octanol–water partition coefficient (Wildman–Crippen LogP) is 3.21. The Morgan fingerprint density at radius 2 is 1.76 bits per heavy atom. The van der Waals surface area contributed by atoms with E-state index >= 15 is 0 Å². The summed E-state index contributed by atoms with van der Waals surface area (Å²) in [7, 11) is 1.56. The first kappa shape index (κ1) is 18.2. The molecule has 0 unspecified atom stereocenters. The van der Waals surface area contributed by atoms with Crippen molar-refractivity contribution >= 4 is 22.7 Å². The van der Waals surface area contributed by atoms with E-state index < -0.39 is 11.5 Å². The standard InChI is InChI=1S/C22H17N3O4/c1-28-14-8-6-12(7-9-14)15-11-17(25-20(23)19(15)21(24)26)16-10-13-4-2-3-5-18(13)29-22(16)27/h2-11H,1H3,(H2,23,25)(H2,24,26). The fourth-order valence-electron chi connectivity index (χ4n) is 3.20. The van der Waals surface area contributed by atoms with Crippen LogP contribution in [0.2, 0.25) is 0 Å². The van der Waals surface area contributed by atoms with E-state index in [1.54, 1.807) is 55.6 Å². The van der Waals surface area contributed by atoms with Crippen LogP contribution in [0.15, 0.2) is 69.9 Å². The summed E-state index contributed by atoms with van der Waals surface area (Å²) in [5.74, 6) is -0.113. The number of pyridine rings is 1. The van der Waals surface area contributed by atoms with E-state index in [-0.39, 0.29) is 22.6 Å². The minimum Gasteiger partial charge on any atom is -0.497 e. The summed E-state index contributed by atoms with van der Waals surface area (Å²) in [6.45, 7) is 0. The molecule has 0 fully saturated rings. The molecule has 0 aliphatic carbocycles. The molecule has 29 heavy (non-hydrogen) atoms. The highest BCUT2D eigenvalue weighted by molar-refractivity contribution is 6.04. The van der Waals surface area contributed by atoms with Crippen LogP contribution in [-0.4, -0.2) is 18.0 Å². The maximum absolute atomic E-state index is 12.5. The summed E-state index contributed by atoms with van der Waals surface area (Å²) in [4.78, 5) is 28.8. The Hall–Kier alpha value is -4.13. The van der Waals surface area contributed by atoms with Crippen molar-refractivity contribution in [3.05, 3.63) is 76.6 Å². The highest BCUT2D eigenvalue weighted by atomic mass is 16.5. The molecule has 2 aromatic carbocycles. The molecular formula is C22H17N3O4. The number of rotatable bonds is 4. The monoisotopic (exact) mass is 387 g/mol. The van der Waals surface area contributed by atoms with Gasteiger partial charge in [-0.3, -0.25) is 4.79 Å². The number of nitrogens with zero attached hydrogens (tertiary/aromatic N) is 1. The zero-order valence-corrected chi connectivity index (χ0v) is 15.5. The molecule has 0 saturated carbocycles. The van der Waals surface area contributed by atoms with Gasteiger partial charge in [0.05, 0.1) is 23.9 Å². The second-order valence-corrected chi connectivity index (χ2v) is 6.39. The summed E-state index contributed by atoms with van der Waals surface area (Å²) >= 11 is 0. The molecule has 7 nitrogen and oxygen atoms in total. The van der Waals surface area contributed by atoms with Gasteiger partial charge in [0, 0.05) is 10.9 Å². The van der Waals surface area contributed by atoms with Crippen LogP contribution in [0.25, 0.3) is 33.4 Å². The molecule has 4 N–H and O–H groups in total. The molecule has 0 saturated heterocycles. The minimum atomic E-state index is -0.710. The van der Waals surface area contributed by atoms with Crippen LogP contribution in [0.5, 0.6) is 5.75 Å². The number of nitrogens with two attached hydrogens (primary N) is 2. The van der Waals surface area contributed by atoms with Crippen molar-refractivity contribution in [3.8, 4) is 28.1 Å². The molecule has 4 aromatic rings. The van der Waals surface area contributed by atoms with Crippen molar-refractivity contribution in [2.24, 2.45) is 5.73 Å². The van der Waals surface area contributed by atoms with Crippen molar-refractivity contribution in [3.63, 3.8) is 0 Å². The van der Waals surface area contributed by atoms with Gasteiger partial charge in [-0.25, -0.2) is 9.78 Å². The number of ether oxygens (including phenoxy) is 1. The van der Waals surface area contributed by atoms with Crippen molar-refractivity contribution < 1.29 is 13.9 Å². The lowest BCUT2D eigenvalue weighted by molar-refractivity contribution is 0.100. The first-order valence-corrected chi connectivity index (χ1v) is 8.76. The van der Waals surface area contributed by atoms with E-state index in [1.807, 2.05) is 12.1 Å². The number of aromatic nitrogens is 1. The highest BCUT2D eigenvalue weighted by Gasteiger charge is 2.19. The molecule has 0 bridgehead atoms. The van der Waals surface area contributed by atoms with Crippen LogP contribution in [0.4, 0.5) is 5.82 Å².